The van der Waals surface area contributed by atoms with Crippen molar-refractivity contribution in [1.29, 1.82) is 0 Å². The largest absolute Gasteiger partial charge is 0.494 e. The van der Waals surface area contributed by atoms with Crippen molar-refractivity contribution in [3.05, 3.63) is 42.6 Å². The van der Waals surface area contributed by atoms with E-state index < -0.39 is 6.04 Å². The first-order valence-electron chi connectivity index (χ1n) is 7.19. The van der Waals surface area contributed by atoms with Gasteiger partial charge >= 0.3 is 0 Å². The molecule has 0 aliphatic heterocycles. The van der Waals surface area contributed by atoms with E-state index in [1.807, 2.05) is 25.1 Å². The van der Waals surface area contributed by atoms with Gasteiger partial charge in [0.25, 0.3) is 0 Å². The maximum atomic E-state index is 12.5. The molecule has 118 valence electrons. The molecule has 2 aromatic heterocycles. The molecule has 0 spiro atoms. The molecular weight excluding hydrogens is 294 g/mol. The van der Waals surface area contributed by atoms with Gasteiger partial charge < -0.3 is 10.1 Å². The predicted octanol–water partition coefficient (Wildman–Crippen LogP) is 2.34. The van der Waals surface area contributed by atoms with Gasteiger partial charge in [0.05, 0.1) is 12.8 Å². The number of carbonyl (C=O) groups excluding carboxylic acids is 1. The van der Waals surface area contributed by atoms with Gasteiger partial charge in [-0.1, -0.05) is 12.1 Å². The van der Waals surface area contributed by atoms with Gasteiger partial charge in [-0.3, -0.25) is 9.78 Å². The number of para-hydroxylation sites is 1. The van der Waals surface area contributed by atoms with Crippen LogP contribution in [0.2, 0.25) is 0 Å². The van der Waals surface area contributed by atoms with Gasteiger partial charge in [0.1, 0.15) is 30.0 Å². The first kappa shape index (κ1) is 15.0. The lowest BCUT2D eigenvalue weighted by atomic mass is 10.1. The molecule has 2 heterocycles. The fourth-order valence-corrected chi connectivity index (χ4v) is 2.39. The Hall–Kier alpha value is -2.96. The Bertz CT molecular complexity index is 845. The number of aryl methyl sites for hydroxylation is 1. The Morgan fingerprint density at radius 1 is 1.39 bits per heavy atom. The van der Waals surface area contributed by atoms with E-state index in [1.165, 1.54) is 17.3 Å². The molecule has 7 heteroatoms. The predicted molar refractivity (Wildman–Crippen MR) is 86.4 cm³/mol. The molecule has 1 atom stereocenters. The van der Waals surface area contributed by atoms with Crippen LogP contribution in [0.3, 0.4) is 0 Å². The Kier molecular flexibility index (Phi) is 3.92. The number of fused-ring (bicyclic) bond motifs is 1. The molecule has 23 heavy (non-hydrogen) atoms. The lowest BCUT2D eigenvalue weighted by Crippen LogP contribution is -2.24. The van der Waals surface area contributed by atoms with Crippen LogP contribution in [0.25, 0.3) is 10.9 Å². The second-order valence-corrected chi connectivity index (χ2v) is 5.21. The van der Waals surface area contributed by atoms with E-state index in [2.05, 4.69) is 20.4 Å². The second-order valence-electron chi connectivity index (χ2n) is 5.21. The summed E-state index contributed by atoms with van der Waals surface area (Å²) in [7, 11) is 1.60. The van der Waals surface area contributed by atoms with Gasteiger partial charge in [0.2, 0.25) is 5.91 Å². The molecule has 0 fully saturated rings. The van der Waals surface area contributed by atoms with Crippen LogP contribution in [0.15, 0.2) is 37.1 Å². The van der Waals surface area contributed by atoms with Gasteiger partial charge in [0, 0.05) is 11.6 Å². The molecule has 1 aromatic carbocycles. The highest BCUT2D eigenvalue weighted by molar-refractivity contribution is 6.04. The number of anilines is 1. The molecule has 3 rings (SSSR count). The molecule has 7 nitrogen and oxygen atoms in total. The van der Waals surface area contributed by atoms with Crippen LogP contribution in [0, 0.1) is 6.92 Å². The molecule has 0 radical (unpaired) electrons. The van der Waals surface area contributed by atoms with Crippen LogP contribution >= 0.6 is 0 Å². The lowest BCUT2D eigenvalue weighted by Gasteiger charge is -2.16. The number of carbonyl (C=O) groups is 1. The third-order valence-corrected chi connectivity index (χ3v) is 3.73. The molecule has 0 aliphatic rings. The number of rotatable bonds is 4. The number of pyridine rings is 1. The first-order chi connectivity index (χ1) is 11.1. The Morgan fingerprint density at radius 2 is 2.22 bits per heavy atom. The molecular formula is C16H17N5O2. The number of amides is 1. The Labute approximate surface area is 133 Å². The topological polar surface area (TPSA) is 81.9 Å². The van der Waals surface area contributed by atoms with Crippen molar-refractivity contribution < 1.29 is 9.53 Å². The van der Waals surface area contributed by atoms with Gasteiger partial charge in [0.15, 0.2) is 0 Å². The quantitative estimate of drug-likeness (QED) is 0.799. The fourth-order valence-electron chi connectivity index (χ4n) is 2.39. The summed E-state index contributed by atoms with van der Waals surface area (Å²) >= 11 is 0. The molecule has 0 aliphatic carbocycles. The zero-order chi connectivity index (χ0) is 16.4. The van der Waals surface area contributed by atoms with E-state index in [0.717, 1.165) is 16.6 Å². The third-order valence-electron chi connectivity index (χ3n) is 3.73. The highest BCUT2D eigenvalue weighted by Crippen LogP contribution is 2.31. The summed E-state index contributed by atoms with van der Waals surface area (Å²) < 4.78 is 6.84. The fraction of sp³-hybridized carbons (Fsp3) is 0.250. The van der Waals surface area contributed by atoms with Crippen molar-refractivity contribution >= 4 is 22.5 Å². The first-order valence-corrected chi connectivity index (χ1v) is 7.19. The summed E-state index contributed by atoms with van der Waals surface area (Å²) in [5.74, 6) is 0.497. The smallest absolute Gasteiger partial charge is 0.249 e. The van der Waals surface area contributed by atoms with Crippen LogP contribution in [-0.2, 0) is 4.79 Å². The zero-order valence-electron chi connectivity index (χ0n) is 13.1. The molecule has 0 saturated carbocycles. The van der Waals surface area contributed by atoms with Crippen molar-refractivity contribution in [3.63, 3.8) is 0 Å². The minimum Gasteiger partial charge on any atom is -0.494 e. The highest BCUT2D eigenvalue weighted by atomic mass is 16.5. The van der Waals surface area contributed by atoms with Gasteiger partial charge in [-0.25, -0.2) is 9.67 Å². The number of methoxy groups -OCH3 is 1. The molecule has 0 unspecified atom stereocenters. The average molecular weight is 311 g/mol. The highest BCUT2D eigenvalue weighted by Gasteiger charge is 2.18. The molecule has 3 aromatic rings. The Balaban J connectivity index is 1.99. The summed E-state index contributed by atoms with van der Waals surface area (Å²) in [5.41, 5.74) is 2.32. The number of nitrogens with zero attached hydrogens (tertiary/aromatic N) is 4. The van der Waals surface area contributed by atoms with Crippen LogP contribution in [0.1, 0.15) is 18.5 Å². The van der Waals surface area contributed by atoms with E-state index in [-0.39, 0.29) is 5.91 Å². The van der Waals surface area contributed by atoms with Crippen molar-refractivity contribution in [2.75, 3.05) is 12.4 Å². The van der Waals surface area contributed by atoms with Gasteiger partial charge in [-0.2, -0.15) is 5.10 Å². The second kappa shape index (κ2) is 6.04. The number of nitrogens with one attached hydrogen (secondary N) is 1. The van der Waals surface area contributed by atoms with Gasteiger partial charge in [-0.05, 0) is 25.5 Å². The maximum Gasteiger partial charge on any atom is 0.249 e. The SMILES string of the molecule is COc1cccc2c(NC(=O)[C@@H](C)n3cncn3)c(C)cnc12. The maximum absolute atomic E-state index is 12.5. The number of ether oxygens (including phenoxy) is 1. The minimum absolute atomic E-state index is 0.172. The van der Waals surface area contributed by atoms with E-state index in [9.17, 15) is 4.79 Å². The van der Waals surface area contributed by atoms with Crippen LogP contribution in [0.5, 0.6) is 5.75 Å². The summed E-state index contributed by atoms with van der Waals surface area (Å²) in [6, 6.07) is 5.16. The van der Waals surface area contributed by atoms with E-state index in [0.29, 0.717) is 11.3 Å². The Morgan fingerprint density at radius 3 is 2.91 bits per heavy atom. The monoisotopic (exact) mass is 311 g/mol. The summed E-state index contributed by atoms with van der Waals surface area (Å²) in [4.78, 5) is 20.8. The minimum atomic E-state index is -0.467. The average Bonchev–Trinajstić information content (AvgIpc) is 3.10. The third kappa shape index (κ3) is 2.73. The van der Waals surface area contributed by atoms with Crippen molar-refractivity contribution in [2.45, 2.75) is 19.9 Å². The van der Waals surface area contributed by atoms with Gasteiger partial charge in [-0.15, -0.1) is 0 Å². The van der Waals surface area contributed by atoms with Crippen LogP contribution < -0.4 is 10.1 Å². The van der Waals surface area contributed by atoms with Crippen molar-refractivity contribution in [3.8, 4) is 5.75 Å². The van der Waals surface area contributed by atoms with E-state index in [1.54, 1.807) is 20.2 Å². The summed E-state index contributed by atoms with van der Waals surface area (Å²) in [6.07, 6.45) is 4.65. The molecule has 0 saturated heterocycles. The number of hydrogen-bond donors (Lipinski definition) is 1. The molecule has 0 bridgehead atoms. The number of hydrogen-bond acceptors (Lipinski definition) is 5. The summed E-state index contributed by atoms with van der Waals surface area (Å²) in [5, 5.41) is 7.81. The summed E-state index contributed by atoms with van der Waals surface area (Å²) in [6.45, 7) is 3.67. The molecule has 1 N–H and O–H groups in total. The van der Waals surface area contributed by atoms with Crippen LogP contribution in [-0.4, -0.2) is 32.8 Å². The van der Waals surface area contributed by atoms with E-state index in [4.69, 9.17) is 4.74 Å². The van der Waals surface area contributed by atoms with Crippen LogP contribution in [0.4, 0.5) is 5.69 Å². The van der Waals surface area contributed by atoms with Crippen molar-refractivity contribution in [1.82, 2.24) is 19.7 Å². The molecule has 1 amide bonds. The van der Waals surface area contributed by atoms with E-state index >= 15 is 0 Å². The zero-order valence-corrected chi connectivity index (χ0v) is 13.1. The van der Waals surface area contributed by atoms with Crippen molar-refractivity contribution in [2.24, 2.45) is 0 Å². The lowest BCUT2D eigenvalue weighted by molar-refractivity contribution is -0.119. The standard InChI is InChI=1S/C16H17N5O2/c1-10-7-18-15-12(5-4-6-13(15)23-3)14(10)20-16(22)11(2)21-9-17-8-19-21/h4-9,11H,1-3H3,(H,18,20,22)/t11-/m1/s1. The number of benzene rings is 1. The number of aromatic nitrogens is 4. The normalized spacial score (nSPS) is 12.1.